The Morgan fingerprint density at radius 3 is 2.00 bits per heavy atom. The second-order valence-corrected chi connectivity index (χ2v) is 8.97. The van der Waals surface area contributed by atoms with Crippen LogP contribution in [0.1, 0.15) is 85.1 Å². The molecule has 1 heterocycles. The lowest BCUT2D eigenvalue weighted by Gasteiger charge is -2.15. The number of hydrogen-bond donors (Lipinski definition) is 0. The molecule has 31 heavy (non-hydrogen) atoms. The molecule has 0 bridgehead atoms. The molecule has 0 amide bonds. The fourth-order valence-electron chi connectivity index (χ4n) is 3.35. The van der Waals surface area contributed by atoms with Crippen LogP contribution in [0.4, 0.5) is 0 Å². The minimum Gasteiger partial charge on any atom is -0.412 e. The van der Waals surface area contributed by atoms with Crippen molar-refractivity contribution in [3.63, 3.8) is 0 Å². The zero-order chi connectivity index (χ0) is 21.6. The monoisotopic (exact) mass is 449 g/mol. The van der Waals surface area contributed by atoms with Crippen LogP contribution in [0.15, 0.2) is 42.5 Å². The number of nitrogens with zero attached hydrogens (tertiary/aromatic N) is 1. The highest BCUT2D eigenvalue weighted by Crippen LogP contribution is 2.28. The Morgan fingerprint density at radius 2 is 1.48 bits per heavy atom. The summed E-state index contributed by atoms with van der Waals surface area (Å²) in [7, 11) is 0. The van der Waals surface area contributed by atoms with Gasteiger partial charge in [-0.15, -0.1) is 11.3 Å². The molecule has 4 N–H and O–H groups in total. The maximum atomic E-state index is 4.48. The summed E-state index contributed by atoms with van der Waals surface area (Å²) in [6, 6.07) is 15.1. The van der Waals surface area contributed by atoms with E-state index in [-0.39, 0.29) is 12.4 Å². The molecule has 178 valence electrons. The molecule has 1 fully saturated rings. The van der Waals surface area contributed by atoms with E-state index >= 15 is 0 Å². The molecular formula is C27H47NO2S. The van der Waals surface area contributed by atoms with Crippen molar-refractivity contribution in [2.75, 3.05) is 0 Å². The average Bonchev–Trinajstić information content (AvgIpc) is 3.10. The smallest absolute Gasteiger partial charge is 0.0907 e. The lowest BCUT2D eigenvalue weighted by atomic mass is 9.91. The van der Waals surface area contributed by atoms with Crippen molar-refractivity contribution in [1.82, 2.24) is 4.98 Å². The lowest BCUT2D eigenvalue weighted by molar-refractivity contribution is 0.385. The van der Waals surface area contributed by atoms with Crippen LogP contribution >= 0.6 is 11.3 Å². The SMILES string of the molecule is CC.CC1CCCCC1.CCC.Cc1cccc(-c2ccc3nc(C)sc3c2)c1.O.O.[HH]. The highest BCUT2D eigenvalue weighted by molar-refractivity contribution is 7.18. The van der Waals surface area contributed by atoms with Gasteiger partial charge in [0.25, 0.3) is 0 Å². The van der Waals surface area contributed by atoms with Gasteiger partial charge in [0.05, 0.1) is 15.2 Å². The standard InChI is InChI=1S/C15H13NS.C7H14.C3H8.C2H6.2H2O.H2/c1-10-4-3-5-12(8-10)13-6-7-14-15(9-13)17-11(2)16-14;1-7-5-3-2-4-6-7;1-3-2;1-2;;;/h3-9H,1-2H3;7H,2-6H2,1H3;3H2,1-2H3;1-2H3;2*1H2;1H. The zero-order valence-electron chi connectivity index (χ0n) is 20.7. The minimum atomic E-state index is 0. The van der Waals surface area contributed by atoms with Crippen LogP contribution in [-0.2, 0) is 0 Å². The summed E-state index contributed by atoms with van der Waals surface area (Å²) in [5.74, 6) is 1.04. The molecule has 0 aliphatic heterocycles. The number of aryl methyl sites for hydroxylation is 2. The van der Waals surface area contributed by atoms with Crippen molar-refractivity contribution >= 4 is 21.6 Å². The van der Waals surface area contributed by atoms with Crippen molar-refractivity contribution in [2.45, 2.75) is 87.0 Å². The van der Waals surface area contributed by atoms with Crippen LogP contribution in [0.25, 0.3) is 21.3 Å². The predicted molar refractivity (Wildman–Crippen MR) is 143 cm³/mol. The third kappa shape index (κ3) is 11.4. The van der Waals surface area contributed by atoms with E-state index in [1.807, 2.05) is 13.8 Å². The summed E-state index contributed by atoms with van der Waals surface area (Å²) in [5.41, 5.74) is 4.94. The maximum Gasteiger partial charge on any atom is 0.0907 e. The van der Waals surface area contributed by atoms with E-state index in [9.17, 15) is 0 Å². The molecule has 3 nitrogen and oxygen atoms in total. The zero-order valence-corrected chi connectivity index (χ0v) is 21.5. The van der Waals surface area contributed by atoms with Crippen molar-refractivity contribution in [3.8, 4) is 11.1 Å². The van der Waals surface area contributed by atoms with Gasteiger partial charge < -0.3 is 11.0 Å². The van der Waals surface area contributed by atoms with Crippen LogP contribution in [0.2, 0.25) is 0 Å². The molecule has 0 spiro atoms. The second kappa shape index (κ2) is 17.9. The third-order valence-electron chi connectivity index (χ3n) is 4.74. The number of hydrogen-bond acceptors (Lipinski definition) is 2. The molecule has 0 radical (unpaired) electrons. The second-order valence-electron chi connectivity index (χ2n) is 7.74. The number of benzene rings is 2. The van der Waals surface area contributed by atoms with Gasteiger partial charge in [-0.3, -0.25) is 0 Å². The number of rotatable bonds is 1. The molecule has 1 saturated carbocycles. The quantitative estimate of drug-likeness (QED) is 0.368. The Balaban J connectivity index is -0.000000478. The van der Waals surface area contributed by atoms with E-state index in [4.69, 9.17) is 0 Å². The summed E-state index contributed by atoms with van der Waals surface area (Å²) in [4.78, 5) is 4.48. The molecule has 3 aromatic rings. The number of fused-ring (bicyclic) bond motifs is 1. The average molecular weight is 450 g/mol. The highest BCUT2D eigenvalue weighted by Gasteiger charge is 2.06. The molecule has 4 rings (SSSR count). The fourth-order valence-corrected chi connectivity index (χ4v) is 4.22. The molecule has 0 unspecified atom stereocenters. The molecular weight excluding hydrogens is 402 g/mol. The Hall–Kier alpha value is -1.75. The summed E-state index contributed by atoms with van der Waals surface area (Å²) in [6.07, 6.45) is 8.69. The largest absolute Gasteiger partial charge is 0.412 e. The van der Waals surface area contributed by atoms with Crippen LogP contribution in [0.5, 0.6) is 0 Å². The Kier molecular flexibility index (Phi) is 18.1. The van der Waals surface area contributed by atoms with Gasteiger partial charge in [0.1, 0.15) is 0 Å². The summed E-state index contributed by atoms with van der Waals surface area (Å²) >= 11 is 1.75. The van der Waals surface area contributed by atoms with Gasteiger partial charge in [0.15, 0.2) is 0 Å². The highest BCUT2D eigenvalue weighted by atomic mass is 32.1. The molecule has 0 atom stereocenters. The molecule has 4 heteroatoms. The van der Waals surface area contributed by atoms with Crippen molar-refractivity contribution in [1.29, 1.82) is 0 Å². The summed E-state index contributed by atoms with van der Waals surface area (Å²) in [5, 5.41) is 1.13. The Morgan fingerprint density at radius 1 is 0.903 bits per heavy atom. The van der Waals surface area contributed by atoms with Crippen LogP contribution in [0.3, 0.4) is 0 Å². The van der Waals surface area contributed by atoms with Crippen molar-refractivity contribution < 1.29 is 12.4 Å². The molecule has 0 saturated heterocycles. The fraction of sp³-hybridized carbons (Fsp3) is 0.519. The first-order valence-electron chi connectivity index (χ1n) is 11.5. The number of aromatic nitrogens is 1. The van der Waals surface area contributed by atoms with E-state index in [2.05, 4.69) is 82.1 Å². The summed E-state index contributed by atoms with van der Waals surface area (Å²) < 4.78 is 1.27. The third-order valence-corrected chi connectivity index (χ3v) is 5.67. The van der Waals surface area contributed by atoms with Crippen LogP contribution < -0.4 is 0 Å². The van der Waals surface area contributed by atoms with Gasteiger partial charge >= 0.3 is 0 Å². The van der Waals surface area contributed by atoms with Crippen LogP contribution in [0, 0.1) is 19.8 Å². The van der Waals surface area contributed by atoms with E-state index in [0.29, 0.717) is 0 Å². The molecule has 1 aromatic heterocycles. The van der Waals surface area contributed by atoms with E-state index in [1.54, 1.807) is 11.3 Å². The molecule has 1 aliphatic carbocycles. The van der Waals surface area contributed by atoms with Gasteiger partial charge in [0, 0.05) is 1.43 Å². The Labute approximate surface area is 196 Å². The molecule has 2 aromatic carbocycles. The summed E-state index contributed by atoms with van der Waals surface area (Å²) in [6.45, 7) is 14.8. The maximum absolute atomic E-state index is 4.48. The first kappa shape index (κ1) is 31.4. The normalized spacial score (nSPS) is 12.5. The minimum absolute atomic E-state index is 0. The van der Waals surface area contributed by atoms with Gasteiger partial charge in [-0.25, -0.2) is 4.98 Å². The lowest BCUT2D eigenvalue weighted by Crippen LogP contribution is -1.99. The van der Waals surface area contributed by atoms with Gasteiger partial charge in [-0.2, -0.15) is 0 Å². The van der Waals surface area contributed by atoms with Crippen LogP contribution in [-0.4, -0.2) is 15.9 Å². The van der Waals surface area contributed by atoms with Gasteiger partial charge in [-0.1, -0.05) is 109 Å². The van der Waals surface area contributed by atoms with E-state index in [0.717, 1.165) is 16.4 Å². The first-order chi connectivity index (χ1) is 14.0. The molecule has 1 aliphatic rings. The van der Waals surface area contributed by atoms with E-state index in [1.165, 1.54) is 59.9 Å². The predicted octanol–water partition coefficient (Wildman–Crippen LogP) is 8.21. The topological polar surface area (TPSA) is 75.9 Å². The van der Waals surface area contributed by atoms with Gasteiger partial charge in [-0.05, 0) is 43.0 Å². The number of thiazole rings is 1. The van der Waals surface area contributed by atoms with E-state index < -0.39 is 0 Å². The van der Waals surface area contributed by atoms with Crippen molar-refractivity contribution in [3.05, 3.63) is 53.0 Å². The van der Waals surface area contributed by atoms with Gasteiger partial charge in [0.2, 0.25) is 0 Å². The first-order valence-corrected chi connectivity index (χ1v) is 12.3. The van der Waals surface area contributed by atoms with Crippen molar-refractivity contribution in [2.24, 2.45) is 5.92 Å². The Bertz CT molecular complexity index is 829.